The average Bonchev–Trinajstić information content (AvgIpc) is 4.03. The molecule has 336 valence electrons. The summed E-state index contributed by atoms with van der Waals surface area (Å²) in [6.07, 6.45) is -4.95. The minimum atomic E-state index is -3.71. The van der Waals surface area contributed by atoms with Gasteiger partial charge in [-0.1, -0.05) is 53.7 Å². The summed E-state index contributed by atoms with van der Waals surface area (Å²) in [6, 6.07) is 24.3. The zero-order valence-electron chi connectivity index (χ0n) is 36.1. The van der Waals surface area contributed by atoms with E-state index in [1.54, 1.807) is 24.3 Å². The SMILES string of the molecule is CC(C)(C)c1cc2c(C#N)c(N)ccc2[nH]1.CC(C)(C)c1cc2c(C#N)c(NC(=O)C3(c4ccc5c(c4)OC(F)(F)O5)CC3)ccc2[nH]1.O=C(Cl)C1(c2ccc3c(c2)OC(F)(F)O3)CC1. The van der Waals surface area contributed by atoms with E-state index in [-0.39, 0.29) is 39.7 Å². The van der Waals surface area contributed by atoms with Gasteiger partial charge in [0, 0.05) is 44.0 Å². The van der Waals surface area contributed by atoms with Gasteiger partial charge in [0.15, 0.2) is 23.0 Å². The zero-order chi connectivity index (χ0) is 47.1. The molecular formula is C48H43ClF4N6O6. The van der Waals surface area contributed by atoms with Gasteiger partial charge in [-0.2, -0.15) is 10.5 Å². The molecule has 2 aliphatic heterocycles. The Kier molecular flexibility index (Phi) is 10.6. The van der Waals surface area contributed by atoms with E-state index in [2.05, 4.69) is 87.9 Å². The molecule has 0 saturated heterocycles. The van der Waals surface area contributed by atoms with Crippen LogP contribution in [0.2, 0.25) is 0 Å². The van der Waals surface area contributed by atoms with E-state index < -0.39 is 28.7 Å². The number of rotatable bonds is 5. The number of fused-ring (bicyclic) bond motifs is 4. The van der Waals surface area contributed by atoms with Gasteiger partial charge in [-0.25, -0.2) is 0 Å². The quantitative estimate of drug-likeness (QED) is 0.0741. The van der Waals surface area contributed by atoms with Gasteiger partial charge in [0.25, 0.3) is 0 Å². The maximum Gasteiger partial charge on any atom is 0.586 e. The van der Waals surface area contributed by atoms with Gasteiger partial charge in [-0.3, -0.25) is 9.59 Å². The molecule has 6 aromatic rings. The van der Waals surface area contributed by atoms with Crippen LogP contribution in [-0.2, 0) is 31.2 Å². The number of carbonyl (C=O) groups is 2. The first-order chi connectivity index (χ1) is 30.4. The minimum absolute atomic E-state index is 0.0310. The van der Waals surface area contributed by atoms with E-state index in [9.17, 15) is 32.4 Å². The van der Waals surface area contributed by atoms with Crippen LogP contribution in [0.15, 0.2) is 72.8 Å². The molecule has 4 heterocycles. The van der Waals surface area contributed by atoms with Crippen molar-refractivity contribution in [3.63, 3.8) is 0 Å². The second kappa shape index (κ2) is 15.4. The number of nitrogens with one attached hydrogen (secondary N) is 3. The smallest absolute Gasteiger partial charge is 0.398 e. The fourth-order valence-corrected chi connectivity index (χ4v) is 8.11. The van der Waals surface area contributed by atoms with E-state index in [1.165, 1.54) is 24.3 Å². The predicted octanol–water partition coefficient (Wildman–Crippen LogP) is 11.1. The highest BCUT2D eigenvalue weighted by molar-refractivity contribution is 6.66. The lowest BCUT2D eigenvalue weighted by Crippen LogP contribution is -2.28. The van der Waals surface area contributed by atoms with Crippen LogP contribution >= 0.6 is 11.6 Å². The molecule has 0 bridgehead atoms. The van der Waals surface area contributed by atoms with E-state index in [1.807, 2.05) is 24.3 Å². The molecule has 65 heavy (non-hydrogen) atoms. The molecular weight excluding hydrogens is 868 g/mol. The van der Waals surface area contributed by atoms with Gasteiger partial charge in [0.1, 0.15) is 12.1 Å². The number of H-pyrrole nitrogens is 2. The zero-order valence-corrected chi connectivity index (χ0v) is 36.8. The van der Waals surface area contributed by atoms with Crippen molar-refractivity contribution in [3.8, 4) is 35.1 Å². The summed E-state index contributed by atoms with van der Waals surface area (Å²) in [7, 11) is 0. The molecule has 1 amide bonds. The Labute approximate surface area is 375 Å². The fourth-order valence-electron chi connectivity index (χ4n) is 7.81. The first-order valence-corrected chi connectivity index (χ1v) is 21.0. The van der Waals surface area contributed by atoms with Crippen LogP contribution in [0.4, 0.5) is 28.9 Å². The maximum atomic E-state index is 13.4. The van der Waals surface area contributed by atoms with Crippen molar-refractivity contribution in [2.75, 3.05) is 11.1 Å². The lowest BCUT2D eigenvalue weighted by atomic mass is 9.92. The first kappa shape index (κ1) is 44.7. The average molecular weight is 911 g/mol. The van der Waals surface area contributed by atoms with Crippen molar-refractivity contribution >= 4 is 55.9 Å². The topological polar surface area (TPSA) is 188 Å². The summed E-state index contributed by atoms with van der Waals surface area (Å²) in [5.41, 5.74) is 11.1. The summed E-state index contributed by atoms with van der Waals surface area (Å²) in [4.78, 5) is 31.2. The maximum absolute atomic E-state index is 13.4. The summed E-state index contributed by atoms with van der Waals surface area (Å²) >= 11 is 5.51. The molecule has 0 unspecified atom stereocenters. The molecule has 2 aliphatic carbocycles. The van der Waals surface area contributed by atoms with E-state index >= 15 is 0 Å². The van der Waals surface area contributed by atoms with Crippen molar-refractivity contribution in [1.82, 2.24) is 9.97 Å². The third-order valence-electron chi connectivity index (χ3n) is 11.9. The monoisotopic (exact) mass is 910 g/mol. The largest absolute Gasteiger partial charge is 0.586 e. The second-order valence-electron chi connectivity index (χ2n) is 18.6. The van der Waals surface area contributed by atoms with Crippen molar-refractivity contribution in [3.05, 3.63) is 106 Å². The molecule has 10 rings (SSSR count). The molecule has 0 atom stereocenters. The number of amides is 1. The number of nitrogens with zero attached hydrogens (tertiary/aromatic N) is 2. The molecule has 17 heteroatoms. The fraction of sp³-hybridized carbons (Fsp3) is 0.333. The van der Waals surface area contributed by atoms with Gasteiger partial charge in [-0.15, -0.1) is 17.6 Å². The van der Waals surface area contributed by atoms with Gasteiger partial charge < -0.3 is 40.0 Å². The van der Waals surface area contributed by atoms with Gasteiger partial charge in [0.2, 0.25) is 11.1 Å². The van der Waals surface area contributed by atoms with Crippen LogP contribution in [0.25, 0.3) is 21.8 Å². The normalized spacial score (nSPS) is 17.4. The Balaban J connectivity index is 0.000000147. The van der Waals surface area contributed by atoms with Crippen molar-refractivity contribution in [1.29, 1.82) is 10.5 Å². The minimum Gasteiger partial charge on any atom is -0.398 e. The molecule has 0 radical (unpaired) electrons. The van der Waals surface area contributed by atoms with Crippen LogP contribution in [0.1, 0.15) is 101 Å². The highest BCUT2D eigenvalue weighted by atomic mass is 35.5. The summed E-state index contributed by atoms with van der Waals surface area (Å²) < 4.78 is 69.9. The van der Waals surface area contributed by atoms with Crippen LogP contribution in [-0.4, -0.2) is 33.7 Å². The predicted molar refractivity (Wildman–Crippen MR) is 234 cm³/mol. The number of hydrogen-bond donors (Lipinski definition) is 4. The lowest BCUT2D eigenvalue weighted by Gasteiger charge is -2.17. The number of halogens is 5. The number of benzene rings is 4. The van der Waals surface area contributed by atoms with Gasteiger partial charge in [0.05, 0.1) is 33.3 Å². The summed E-state index contributed by atoms with van der Waals surface area (Å²) in [5, 5.41) is 23.0. The molecule has 4 aromatic carbocycles. The standard InChI is InChI=1S/C24H21F2N3O3.C13H15N3.C11H7ClF2O3/c1-22(2,3)20-11-14-15(12-27)17(6-5-16(14)28-20)29-21(30)23(8-9-23)13-4-7-18-19(10-13)32-24(25,26)31-18;1-13(2,3)12-6-8-9(7-14)10(15)4-5-11(8)16-12;12-9(15)10(3-4-10)6-1-2-7-8(5-6)17-11(13,14)16-7/h4-7,10-11,28H,8-9H2,1-3H3,(H,29,30);4-6,16H,15H2,1-3H3;1-2,5H,3-4H2. The van der Waals surface area contributed by atoms with Crippen LogP contribution in [0, 0.1) is 22.7 Å². The number of nitrogens with two attached hydrogens (primary N) is 1. The van der Waals surface area contributed by atoms with Crippen molar-refractivity contribution in [2.24, 2.45) is 0 Å². The van der Waals surface area contributed by atoms with E-state index in [0.717, 1.165) is 33.2 Å². The Bertz CT molecular complexity index is 3020. The molecule has 2 fully saturated rings. The Morgan fingerprint density at radius 2 is 1.08 bits per heavy atom. The number of aromatic nitrogens is 2. The van der Waals surface area contributed by atoms with Crippen molar-refractivity contribution in [2.45, 2.75) is 101 Å². The Morgan fingerprint density at radius 1 is 0.646 bits per heavy atom. The number of aromatic amines is 2. The Morgan fingerprint density at radius 3 is 1.51 bits per heavy atom. The number of nitrogen functional groups attached to an aromatic ring is 1. The third kappa shape index (κ3) is 8.46. The number of alkyl halides is 4. The Hall–Kier alpha value is -6.91. The highest BCUT2D eigenvalue weighted by Gasteiger charge is 2.54. The lowest BCUT2D eigenvalue weighted by molar-refractivity contribution is -0.287. The van der Waals surface area contributed by atoms with Gasteiger partial charge >= 0.3 is 12.6 Å². The molecule has 0 spiro atoms. The third-order valence-corrected chi connectivity index (χ3v) is 12.3. The first-order valence-electron chi connectivity index (χ1n) is 20.6. The summed E-state index contributed by atoms with van der Waals surface area (Å²) in [6.45, 7) is 12.6. The highest BCUT2D eigenvalue weighted by Crippen LogP contribution is 2.54. The molecule has 4 aliphatic rings. The molecule has 5 N–H and O–H groups in total. The number of hydrogen-bond acceptors (Lipinski definition) is 9. The number of carbonyl (C=O) groups excluding carboxylic acids is 2. The number of ether oxygens (including phenoxy) is 4. The molecule has 2 aromatic heterocycles. The summed E-state index contributed by atoms with van der Waals surface area (Å²) in [5.74, 6) is -0.527. The number of nitriles is 2. The molecule has 2 saturated carbocycles. The van der Waals surface area contributed by atoms with Crippen LogP contribution < -0.4 is 30.0 Å². The van der Waals surface area contributed by atoms with Crippen LogP contribution in [0.3, 0.4) is 0 Å². The van der Waals surface area contributed by atoms with E-state index in [4.69, 9.17) is 22.6 Å². The second-order valence-corrected chi connectivity index (χ2v) is 18.9. The van der Waals surface area contributed by atoms with Gasteiger partial charge in [-0.05, 0) is 109 Å². The van der Waals surface area contributed by atoms with E-state index in [0.29, 0.717) is 59.3 Å². The van der Waals surface area contributed by atoms with Crippen molar-refractivity contribution < 1.29 is 46.1 Å². The number of anilines is 2. The van der Waals surface area contributed by atoms with Crippen LogP contribution in [0.5, 0.6) is 23.0 Å². The molecule has 12 nitrogen and oxygen atoms in total.